The van der Waals surface area contributed by atoms with Gasteiger partial charge in [-0.05, 0) is 44.5 Å². The molecular weight excluding hydrogens is 288 g/mol. The molecule has 0 aliphatic carbocycles. The number of carbonyl (C=O) groups excluding carboxylic acids is 1. The minimum absolute atomic E-state index is 0. The van der Waals surface area contributed by atoms with Crippen LogP contribution in [0.4, 0.5) is 10.5 Å². The van der Waals surface area contributed by atoms with E-state index in [1.54, 1.807) is 0 Å². The van der Waals surface area contributed by atoms with Gasteiger partial charge in [-0.25, -0.2) is 4.79 Å². The van der Waals surface area contributed by atoms with Gasteiger partial charge in [0.05, 0.1) is 6.61 Å². The number of hydrogen-bond acceptors (Lipinski definition) is 3. The molecule has 0 bridgehead atoms. The summed E-state index contributed by atoms with van der Waals surface area (Å²) in [6.07, 6.45) is 2.82. The van der Waals surface area contributed by atoms with Crippen LogP contribution in [0.2, 0.25) is 0 Å². The zero-order chi connectivity index (χ0) is 14.6. The van der Waals surface area contributed by atoms with E-state index in [2.05, 4.69) is 24.1 Å². The van der Waals surface area contributed by atoms with Crippen molar-refractivity contribution in [2.24, 2.45) is 0 Å². The van der Waals surface area contributed by atoms with Gasteiger partial charge in [0.2, 0.25) is 0 Å². The van der Waals surface area contributed by atoms with Crippen molar-refractivity contribution >= 4 is 24.2 Å². The van der Waals surface area contributed by atoms with Gasteiger partial charge in [-0.3, -0.25) is 5.32 Å². The first-order valence-electron chi connectivity index (χ1n) is 7.47. The lowest BCUT2D eigenvalue weighted by Crippen LogP contribution is -2.27. The number of para-hydroxylation sites is 1. The number of hydrogen-bond donors (Lipinski definition) is 1. The van der Waals surface area contributed by atoms with Crippen LogP contribution in [0.1, 0.15) is 33.1 Å². The highest BCUT2D eigenvalue weighted by atomic mass is 35.5. The molecule has 21 heavy (non-hydrogen) atoms. The molecule has 0 heterocycles. The lowest BCUT2D eigenvalue weighted by atomic mass is 10.3. The van der Waals surface area contributed by atoms with E-state index in [9.17, 15) is 4.79 Å². The molecule has 0 saturated carbocycles. The van der Waals surface area contributed by atoms with E-state index < -0.39 is 0 Å². The Labute approximate surface area is 134 Å². The molecule has 1 N–H and O–H groups in total. The molecule has 0 saturated heterocycles. The average Bonchev–Trinajstić information content (AvgIpc) is 2.45. The third-order valence-corrected chi connectivity index (χ3v) is 2.95. The summed E-state index contributed by atoms with van der Waals surface area (Å²) in [5.41, 5.74) is 0.760. The van der Waals surface area contributed by atoms with Crippen LogP contribution in [0.15, 0.2) is 30.3 Å². The van der Waals surface area contributed by atoms with Crippen LogP contribution in [-0.2, 0) is 4.74 Å². The van der Waals surface area contributed by atoms with Crippen molar-refractivity contribution in [1.82, 2.24) is 4.90 Å². The van der Waals surface area contributed by atoms with Crippen LogP contribution in [0, 0.1) is 0 Å². The fourth-order valence-electron chi connectivity index (χ4n) is 2.10. The molecule has 1 aromatic rings. The third-order valence-electron chi connectivity index (χ3n) is 2.95. The quantitative estimate of drug-likeness (QED) is 0.696. The van der Waals surface area contributed by atoms with Gasteiger partial charge in [0.25, 0.3) is 0 Å². The van der Waals surface area contributed by atoms with Gasteiger partial charge < -0.3 is 9.64 Å². The molecule has 5 heteroatoms. The van der Waals surface area contributed by atoms with Crippen molar-refractivity contribution in [1.29, 1.82) is 0 Å². The molecule has 1 amide bonds. The number of rotatable bonds is 9. The second-order valence-electron chi connectivity index (χ2n) is 4.82. The van der Waals surface area contributed by atoms with Crippen LogP contribution in [0.3, 0.4) is 0 Å². The van der Waals surface area contributed by atoms with E-state index in [-0.39, 0.29) is 18.5 Å². The zero-order valence-corrected chi connectivity index (χ0v) is 13.8. The van der Waals surface area contributed by atoms with E-state index in [1.165, 1.54) is 0 Å². The Morgan fingerprint density at radius 3 is 2.29 bits per heavy atom. The van der Waals surface area contributed by atoms with Crippen molar-refractivity contribution in [2.45, 2.75) is 33.1 Å². The molecule has 1 rings (SSSR count). The predicted molar refractivity (Wildman–Crippen MR) is 90.3 cm³/mol. The second-order valence-corrected chi connectivity index (χ2v) is 4.82. The normalized spacial score (nSPS) is 10.0. The highest BCUT2D eigenvalue weighted by Crippen LogP contribution is 2.05. The summed E-state index contributed by atoms with van der Waals surface area (Å²) in [5.74, 6) is 0. The van der Waals surface area contributed by atoms with Crippen molar-refractivity contribution in [3.63, 3.8) is 0 Å². The second kappa shape index (κ2) is 12.5. The molecule has 120 valence electrons. The van der Waals surface area contributed by atoms with E-state index in [1.807, 2.05) is 30.3 Å². The molecule has 0 aromatic heterocycles. The largest absolute Gasteiger partial charge is 0.449 e. The van der Waals surface area contributed by atoms with Crippen molar-refractivity contribution in [2.75, 3.05) is 31.6 Å². The highest BCUT2D eigenvalue weighted by molar-refractivity contribution is 5.85. The summed E-state index contributed by atoms with van der Waals surface area (Å²) in [4.78, 5) is 14.0. The number of ether oxygens (including phenoxy) is 1. The van der Waals surface area contributed by atoms with Crippen LogP contribution in [0.5, 0.6) is 0 Å². The number of halogens is 1. The first-order chi connectivity index (χ1) is 9.76. The Bertz CT molecular complexity index is 368. The van der Waals surface area contributed by atoms with Gasteiger partial charge in [0.1, 0.15) is 0 Å². The van der Waals surface area contributed by atoms with Gasteiger partial charge in [0.15, 0.2) is 0 Å². The number of amides is 1. The summed E-state index contributed by atoms with van der Waals surface area (Å²) in [6.45, 7) is 8.05. The molecule has 4 nitrogen and oxygen atoms in total. The van der Waals surface area contributed by atoms with E-state index in [4.69, 9.17) is 4.74 Å². The van der Waals surface area contributed by atoms with Gasteiger partial charge in [-0.2, -0.15) is 0 Å². The van der Waals surface area contributed by atoms with Gasteiger partial charge in [0, 0.05) is 12.2 Å². The first kappa shape index (κ1) is 19.7. The standard InChI is InChI=1S/C16H26N2O2.ClH/c1-3-11-18(12-4-2)13-8-14-20-16(19)17-15-9-6-5-7-10-15;/h5-7,9-10H,3-4,8,11-14H2,1-2H3,(H,17,19);1H. The molecule has 1 aromatic carbocycles. The molecule has 0 spiro atoms. The maximum atomic E-state index is 11.6. The van der Waals surface area contributed by atoms with E-state index in [0.717, 1.165) is 44.6 Å². The number of carbonyl (C=O) groups is 1. The minimum atomic E-state index is -0.381. The smallest absolute Gasteiger partial charge is 0.411 e. The third kappa shape index (κ3) is 9.32. The van der Waals surface area contributed by atoms with Crippen LogP contribution >= 0.6 is 12.4 Å². The van der Waals surface area contributed by atoms with Crippen LogP contribution < -0.4 is 5.32 Å². The van der Waals surface area contributed by atoms with Gasteiger partial charge in [-0.1, -0.05) is 32.0 Å². The monoisotopic (exact) mass is 314 g/mol. The van der Waals surface area contributed by atoms with Gasteiger partial charge in [-0.15, -0.1) is 12.4 Å². The molecule has 0 atom stereocenters. The Balaban J connectivity index is 0.00000400. The number of nitrogens with one attached hydrogen (secondary N) is 1. The van der Waals surface area contributed by atoms with Crippen molar-refractivity contribution in [3.8, 4) is 0 Å². The topological polar surface area (TPSA) is 41.6 Å². The number of nitrogens with zero attached hydrogens (tertiary/aromatic N) is 1. The maximum absolute atomic E-state index is 11.6. The molecule has 0 radical (unpaired) electrons. The van der Waals surface area contributed by atoms with E-state index in [0.29, 0.717) is 6.61 Å². The fraction of sp³-hybridized carbons (Fsp3) is 0.562. The van der Waals surface area contributed by atoms with Gasteiger partial charge >= 0.3 is 6.09 Å². The Morgan fingerprint density at radius 1 is 1.10 bits per heavy atom. The summed E-state index contributed by atoms with van der Waals surface area (Å²) >= 11 is 0. The Hall–Kier alpha value is -1.26. The molecule has 0 aliphatic heterocycles. The first-order valence-corrected chi connectivity index (χ1v) is 7.47. The van der Waals surface area contributed by atoms with Crippen LogP contribution in [0.25, 0.3) is 0 Å². The molecule has 0 aliphatic rings. The summed E-state index contributed by atoms with van der Waals surface area (Å²) in [6, 6.07) is 9.34. The Kier molecular flexibility index (Phi) is 11.7. The summed E-state index contributed by atoms with van der Waals surface area (Å²) in [5, 5.41) is 2.71. The molecule has 0 unspecified atom stereocenters. The predicted octanol–water partition coefficient (Wildman–Crippen LogP) is 4.17. The summed E-state index contributed by atoms with van der Waals surface area (Å²) in [7, 11) is 0. The zero-order valence-electron chi connectivity index (χ0n) is 13.0. The van der Waals surface area contributed by atoms with E-state index >= 15 is 0 Å². The molecular formula is C16H27ClN2O2. The number of anilines is 1. The minimum Gasteiger partial charge on any atom is -0.449 e. The maximum Gasteiger partial charge on any atom is 0.411 e. The Morgan fingerprint density at radius 2 is 1.71 bits per heavy atom. The lowest BCUT2D eigenvalue weighted by molar-refractivity contribution is 0.152. The number of benzene rings is 1. The van der Waals surface area contributed by atoms with Crippen molar-refractivity contribution in [3.05, 3.63) is 30.3 Å². The SMILES string of the molecule is CCCN(CCC)CCCOC(=O)Nc1ccccc1.Cl. The fourth-order valence-corrected chi connectivity index (χ4v) is 2.10. The highest BCUT2D eigenvalue weighted by Gasteiger charge is 2.05. The van der Waals surface area contributed by atoms with Crippen molar-refractivity contribution < 1.29 is 9.53 Å². The summed E-state index contributed by atoms with van der Waals surface area (Å²) < 4.78 is 5.18. The van der Waals surface area contributed by atoms with Crippen LogP contribution in [-0.4, -0.2) is 37.2 Å². The molecule has 0 fully saturated rings. The average molecular weight is 315 g/mol. The lowest BCUT2D eigenvalue weighted by Gasteiger charge is -2.20.